The van der Waals surface area contributed by atoms with Crippen molar-refractivity contribution in [1.82, 2.24) is 0 Å². The van der Waals surface area contributed by atoms with Gasteiger partial charge in [0, 0.05) is 30.0 Å². The van der Waals surface area contributed by atoms with Crippen molar-refractivity contribution in [1.29, 1.82) is 5.26 Å². The highest BCUT2D eigenvalue weighted by molar-refractivity contribution is 7.92. The molecule has 0 unspecified atom stereocenters. The van der Waals surface area contributed by atoms with E-state index in [1.54, 1.807) is 67.8 Å². The van der Waals surface area contributed by atoms with Crippen LogP contribution in [0.1, 0.15) is 35.2 Å². The van der Waals surface area contributed by atoms with Crippen LogP contribution >= 0.6 is 0 Å². The van der Waals surface area contributed by atoms with Crippen molar-refractivity contribution in [3.63, 3.8) is 0 Å². The number of hydrogen-bond acceptors (Lipinski definition) is 6. The van der Waals surface area contributed by atoms with Crippen LogP contribution in [0.5, 0.6) is 5.75 Å². The zero-order chi connectivity index (χ0) is 24.8. The quantitative estimate of drug-likeness (QED) is 0.500. The lowest BCUT2D eigenvalue weighted by molar-refractivity contribution is 0.102. The molecule has 8 nitrogen and oxygen atoms in total. The lowest BCUT2D eigenvalue weighted by Crippen LogP contribution is -2.31. The van der Waals surface area contributed by atoms with E-state index in [2.05, 4.69) is 14.9 Å². The number of nitriles is 1. The average molecular weight is 491 g/mol. The Balaban J connectivity index is 1.65. The molecule has 1 aliphatic heterocycles. The number of anilines is 3. The van der Waals surface area contributed by atoms with Crippen molar-refractivity contribution in [3.8, 4) is 11.8 Å². The van der Waals surface area contributed by atoms with Gasteiger partial charge in [-0.25, -0.2) is 8.42 Å². The van der Waals surface area contributed by atoms with Gasteiger partial charge in [0.25, 0.3) is 15.9 Å². The fourth-order valence-electron chi connectivity index (χ4n) is 3.97. The van der Waals surface area contributed by atoms with Gasteiger partial charge in [-0.05, 0) is 86.0 Å². The van der Waals surface area contributed by atoms with E-state index < -0.39 is 15.9 Å². The summed E-state index contributed by atoms with van der Waals surface area (Å²) < 4.78 is 34.8. The highest BCUT2D eigenvalue weighted by Crippen LogP contribution is 2.32. The predicted molar refractivity (Wildman–Crippen MR) is 135 cm³/mol. The number of nitrogens with zero attached hydrogens (tertiary/aromatic N) is 2. The molecule has 0 radical (unpaired) electrons. The number of carbonyl (C=O) groups is 1. The molecule has 0 aromatic heterocycles. The molecule has 1 heterocycles. The molecule has 4 rings (SSSR count). The molecule has 3 aromatic rings. The number of rotatable bonds is 7. The van der Waals surface area contributed by atoms with E-state index in [0.29, 0.717) is 33.9 Å². The molecule has 0 atom stereocenters. The van der Waals surface area contributed by atoms with Crippen LogP contribution in [0.15, 0.2) is 71.6 Å². The Bertz CT molecular complexity index is 1340. The zero-order valence-electron chi connectivity index (χ0n) is 19.3. The first kappa shape index (κ1) is 24.1. The minimum absolute atomic E-state index is 0.0906. The lowest BCUT2D eigenvalue weighted by Gasteiger charge is -2.30. The Kier molecular flexibility index (Phi) is 7.22. The number of ether oxygens (including phenoxy) is 1. The Morgan fingerprint density at radius 2 is 1.60 bits per heavy atom. The minimum atomic E-state index is -3.96. The Morgan fingerprint density at radius 3 is 2.23 bits per heavy atom. The van der Waals surface area contributed by atoms with Crippen LogP contribution in [0.4, 0.5) is 17.1 Å². The first-order chi connectivity index (χ1) is 16.9. The molecule has 35 heavy (non-hydrogen) atoms. The number of hydrogen-bond donors (Lipinski definition) is 2. The Morgan fingerprint density at radius 1 is 0.943 bits per heavy atom. The van der Waals surface area contributed by atoms with Crippen LogP contribution in [0.25, 0.3) is 0 Å². The van der Waals surface area contributed by atoms with Crippen molar-refractivity contribution in [2.24, 2.45) is 0 Å². The molecule has 3 aromatic carbocycles. The van der Waals surface area contributed by atoms with E-state index >= 15 is 0 Å². The van der Waals surface area contributed by atoms with E-state index in [0.717, 1.165) is 32.4 Å². The summed E-state index contributed by atoms with van der Waals surface area (Å²) in [5.74, 6) is 0.223. The number of sulfonamides is 1. The normalized spacial score (nSPS) is 13.5. The molecule has 0 saturated carbocycles. The van der Waals surface area contributed by atoms with E-state index in [4.69, 9.17) is 10.00 Å². The SMILES string of the molecule is COc1ccc(NS(=O)(=O)c2cc(NC(=O)c3ccc(C#N)cc3)ccc2N2CCCCC2)cc1. The van der Waals surface area contributed by atoms with Gasteiger partial charge in [0.15, 0.2) is 0 Å². The highest BCUT2D eigenvalue weighted by atomic mass is 32.2. The molecule has 0 bridgehead atoms. The second-order valence-electron chi connectivity index (χ2n) is 8.21. The van der Waals surface area contributed by atoms with Gasteiger partial charge in [-0.15, -0.1) is 0 Å². The number of carbonyl (C=O) groups excluding carboxylic acids is 1. The molecule has 1 aliphatic rings. The van der Waals surface area contributed by atoms with Gasteiger partial charge >= 0.3 is 0 Å². The zero-order valence-corrected chi connectivity index (χ0v) is 20.1. The highest BCUT2D eigenvalue weighted by Gasteiger charge is 2.24. The lowest BCUT2D eigenvalue weighted by atomic mass is 10.1. The molecule has 2 N–H and O–H groups in total. The third kappa shape index (κ3) is 5.73. The molecule has 1 amide bonds. The maximum Gasteiger partial charge on any atom is 0.264 e. The van der Waals surface area contributed by atoms with Crippen LogP contribution in [-0.4, -0.2) is 34.5 Å². The summed E-state index contributed by atoms with van der Waals surface area (Å²) in [5.41, 5.74) is 2.18. The van der Waals surface area contributed by atoms with E-state index in [1.165, 1.54) is 6.07 Å². The van der Waals surface area contributed by atoms with Crippen LogP contribution in [-0.2, 0) is 10.0 Å². The molecule has 1 saturated heterocycles. The summed E-state index contributed by atoms with van der Waals surface area (Å²) >= 11 is 0. The second kappa shape index (κ2) is 10.5. The minimum Gasteiger partial charge on any atom is -0.497 e. The van der Waals surface area contributed by atoms with Gasteiger partial charge in [-0.1, -0.05) is 0 Å². The Labute approximate surface area is 205 Å². The fraction of sp³-hybridized carbons (Fsp3) is 0.231. The molecule has 180 valence electrons. The maximum absolute atomic E-state index is 13.5. The molecular weight excluding hydrogens is 464 g/mol. The Hall–Kier alpha value is -4.03. The van der Waals surface area contributed by atoms with Gasteiger partial charge in [0.05, 0.1) is 24.4 Å². The van der Waals surface area contributed by atoms with Crippen molar-refractivity contribution in [2.45, 2.75) is 24.2 Å². The van der Waals surface area contributed by atoms with Crippen molar-refractivity contribution < 1.29 is 17.9 Å². The second-order valence-corrected chi connectivity index (χ2v) is 9.86. The molecule has 9 heteroatoms. The number of nitrogens with one attached hydrogen (secondary N) is 2. The van der Waals surface area contributed by atoms with Crippen LogP contribution in [0.2, 0.25) is 0 Å². The molecule has 1 fully saturated rings. The van der Waals surface area contributed by atoms with Crippen LogP contribution < -0.4 is 19.7 Å². The van der Waals surface area contributed by atoms with Crippen molar-refractivity contribution in [3.05, 3.63) is 77.9 Å². The van der Waals surface area contributed by atoms with Crippen LogP contribution in [0.3, 0.4) is 0 Å². The average Bonchev–Trinajstić information content (AvgIpc) is 2.89. The summed E-state index contributed by atoms with van der Waals surface area (Å²) in [4.78, 5) is 14.9. The standard InChI is InChI=1S/C26H26N4O4S/c1-34-23-12-9-21(10-13-23)29-35(32,33)25-17-22(11-14-24(25)30-15-3-2-4-16-30)28-26(31)20-7-5-19(18-27)6-8-20/h5-14,17,29H,2-4,15-16H2,1H3,(H,28,31). The molecule has 0 aliphatic carbocycles. The maximum atomic E-state index is 13.5. The molecule has 0 spiro atoms. The first-order valence-corrected chi connectivity index (χ1v) is 12.8. The van der Waals surface area contributed by atoms with E-state index in [1.807, 2.05) is 6.07 Å². The van der Waals surface area contributed by atoms with Gasteiger partial charge in [0.1, 0.15) is 10.6 Å². The third-order valence-electron chi connectivity index (χ3n) is 5.82. The van der Waals surface area contributed by atoms with E-state index in [-0.39, 0.29) is 4.90 Å². The van der Waals surface area contributed by atoms with Gasteiger partial charge in [0.2, 0.25) is 0 Å². The summed E-state index contributed by atoms with van der Waals surface area (Å²) in [5, 5.41) is 11.7. The summed E-state index contributed by atoms with van der Waals surface area (Å²) in [6.07, 6.45) is 3.09. The topological polar surface area (TPSA) is 112 Å². The predicted octanol–water partition coefficient (Wildman–Crippen LogP) is 4.61. The van der Waals surface area contributed by atoms with E-state index in [9.17, 15) is 13.2 Å². The number of benzene rings is 3. The summed E-state index contributed by atoms with van der Waals surface area (Å²) in [6.45, 7) is 1.53. The number of methoxy groups -OCH3 is 1. The molecular formula is C26H26N4O4S. The number of amides is 1. The number of piperidine rings is 1. The van der Waals surface area contributed by atoms with Crippen molar-refractivity contribution in [2.75, 3.05) is 35.1 Å². The monoisotopic (exact) mass is 490 g/mol. The smallest absolute Gasteiger partial charge is 0.264 e. The van der Waals surface area contributed by atoms with Crippen LogP contribution in [0, 0.1) is 11.3 Å². The van der Waals surface area contributed by atoms with Gasteiger partial charge < -0.3 is 15.0 Å². The largest absolute Gasteiger partial charge is 0.497 e. The van der Waals surface area contributed by atoms with Gasteiger partial charge in [-0.2, -0.15) is 5.26 Å². The summed E-state index contributed by atoms with van der Waals surface area (Å²) in [7, 11) is -2.42. The summed E-state index contributed by atoms with van der Waals surface area (Å²) in [6, 6.07) is 19.8. The van der Waals surface area contributed by atoms with Crippen molar-refractivity contribution >= 4 is 33.0 Å². The van der Waals surface area contributed by atoms with Gasteiger partial charge in [-0.3, -0.25) is 9.52 Å². The first-order valence-electron chi connectivity index (χ1n) is 11.3. The fourth-order valence-corrected chi connectivity index (χ4v) is 5.28. The third-order valence-corrected chi connectivity index (χ3v) is 7.23.